The van der Waals surface area contributed by atoms with E-state index in [-0.39, 0.29) is 0 Å². The Morgan fingerprint density at radius 2 is 1.62 bits per heavy atom. The standard InChI is InChI=1S/C9H8O10S2/c10-9(11)8(6-7-4-2-1-3-5-7)17-21(15,16)19-18-20(12,13)14/h1-6H,(H,10,11)(H,12,13,14). The molecule has 0 fully saturated rings. The van der Waals surface area contributed by atoms with Crippen LogP contribution in [0.3, 0.4) is 0 Å². The molecule has 1 rings (SSSR count). The third-order valence-electron chi connectivity index (χ3n) is 1.70. The minimum Gasteiger partial charge on any atom is -0.475 e. The summed E-state index contributed by atoms with van der Waals surface area (Å²) in [5.41, 5.74) is 0.292. The van der Waals surface area contributed by atoms with Gasteiger partial charge in [-0.1, -0.05) is 39.0 Å². The number of carboxylic acid groups (broad SMARTS) is 1. The molecule has 21 heavy (non-hydrogen) atoms. The minimum atomic E-state index is -5.22. The van der Waals surface area contributed by atoms with Crippen molar-refractivity contribution in [3.05, 3.63) is 41.7 Å². The van der Waals surface area contributed by atoms with Crippen molar-refractivity contribution in [3.8, 4) is 0 Å². The van der Waals surface area contributed by atoms with Crippen molar-refractivity contribution >= 4 is 32.8 Å². The fraction of sp³-hybridized carbons (Fsp3) is 0. The first-order valence-electron chi connectivity index (χ1n) is 4.89. The van der Waals surface area contributed by atoms with Crippen LogP contribution >= 0.6 is 0 Å². The first kappa shape index (κ1) is 17.1. The van der Waals surface area contributed by atoms with E-state index in [1.807, 2.05) is 0 Å². The lowest BCUT2D eigenvalue weighted by Gasteiger charge is -2.05. The fourth-order valence-electron chi connectivity index (χ4n) is 1.02. The molecule has 0 bridgehead atoms. The van der Waals surface area contributed by atoms with Gasteiger partial charge in [-0.3, -0.25) is 4.55 Å². The molecule has 2 N–H and O–H groups in total. The van der Waals surface area contributed by atoms with Crippen LogP contribution in [0, 0.1) is 0 Å². The summed E-state index contributed by atoms with van der Waals surface area (Å²) in [6.45, 7) is 0. The Morgan fingerprint density at radius 1 is 1.05 bits per heavy atom. The van der Waals surface area contributed by atoms with Gasteiger partial charge in [0.25, 0.3) is 0 Å². The van der Waals surface area contributed by atoms with Crippen LogP contribution in [-0.2, 0) is 38.4 Å². The van der Waals surface area contributed by atoms with Gasteiger partial charge in [-0.25, -0.2) is 4.79 Å². The Bertz CT molecular complexity index is 732. The second kappa shape index (κ2) is 6.64. The monoisotopic (exact) mass is 340 g/mol. The van der Waals surface area contributed by atoms with Crippen molar-refractivity contribution in [2.24, 2.45) is 0 Å². The number of carbonyl (C=O) groups is 1. The molecule has 0 heterocycles. The van der Waals surface area contributed by atoms with Gasteiger partial charge >= 0.3 is 26.8 Å². The highest BCUT2D eigenvalue weighted by Crippen LogP contribution is 2.12. The van der Waals surface area contributed by atoms with E-state index in [0.717, 1.165) is 6.08 Å². The van der Waals surface area contributed by atoms with E-state index in [4.69, 9.17) is 9.66 Å². The Labute approximate surface area is 119 Å². The van der Waals surface area contributed by atoms with Crippen LogP contribution in [0.5, 0.6) is 0 Å². The van der Waals surface area contributed by atoms with Gasteiger partial charge in [0, 0.05) is 0 Å². The molecule has 0 amide bonds. The maximum Gasteiger partial charge on any atom is 0.477 e. The van der Waals surface area contributed by atoms with Gasteiger partial charge in [-0.05, 0) is 11.6 Å². The van der Waals surface area contributed by atoms with Gasteiger partial charge in [0.1, 0.15) is 0 Å². The van der Waals surface area contributed by atoms with E-state index >= 15 is 0 Å². The van der Waals surface area contributed by atoms with Gasteiger partial charge < -0.3 is 9.29 Å². The Hall–Kier alpha value is -1.99. The van der Waals surface area contributed by atoms with Gasteiger partial charge in [-0.15, -0.1) is 0 Å². The zero-order valence-corrected chi connectivity index (χ0v) is 11.6. The average Bonchev–Trinajstić information content (AvgIpc) is 2.36. The summed E-state index contributed by atoms with van der Waals surface area (Å²) in [6, 6.07) is 7.65. The normalized spacial score (nSPS) is 12.9. The summed E-state index contributed by atoms with van der Waals surface area (Å²) in [4.78, 5) is 10.9. The minimum absolute atomic E-state index is 0.292. The summed E-state index contributed by atoms with van der Waals surface area (Å²) in [7, 11) is -10.4. The molecule has 10 nitrogen and oxygen atoms in total. The van der Waals surface area contributed by atoms with E-state index in [9.17, 15) is 21.6 Å². The van der Waals surface area contributed by atoms with Crippen LogP contribution in [0.25, 0.3) is 6.08 Å². The van der Waals surface area contributed by atoms with Crippen LogP contribution in [0.4, 0.5) is 0 Å². The van der Waals surface area contributed by atoms with Crippen molar-refractivity contribution in [3.63, 3.8) is 0 Å². The average molecular weight is 340 g/mol. The number of hydrogen-bond acceptors (Lipinski definition) is 8. The highest BCUT2D eigenvalue weighted by molar-refractivity contribution is 7.83. The lowest BCUT2D eigenvalue weighted by molar-refractivity contribution is -0.136. The summed E-state index contributed by atoms with van der Waals surface area (Å²) >= 11 is 0. The summed E-state index contributed by atoms with van der Waals surface area (Å²) in [5, 5.41) is 8.80. The maximum atomic E-state index is 11.1. The Balaban J connectivity index is 2.94. The molecule has 0 aliphatic rings. The third kappa shape index (κ3) is 6.82. The van der Waals surface area contributed by atoms with Gasteiger partial charge in [0.05, 0.1) is 0 Å². The lowest BCUT2D eigenvalue weighted by atomic mass is 10.2. The molecule has 116 valence electrons. The van der Waals surface area contributed by atoms with Crippen molar-refractivity contribution < 1.29 is 44.1 Å². The molecule has 0 saturated heterocycles. The number of hydrogen-bond donors (Lipinski definition) is 2. The first-order chi connectivity index (χ1) is 9.59. The Kier molecular flexibility index (Phi) is 5.40. The SMILES string of the molecule is O=C(O)C(=Cc1ccccc1)OS(=O)(=O)OOS(=O)(=O)O. The first-order valence-corrected chi connectivity index (χ1v) is 7.58. The lowest BCUT2D eigenvalue weighted by Crippen LogP contribution is -2.17. The quantitative estimate of drug-likeness (QED) is 0.230. The fourth-order valence-corrected chi connectivity index (χ4v) is 1.94. The number of carboxylic acids is 1. The largest absolute Gasteiger partial charge is 0.477 e. The molecule has 0 unspecified atom stereocenters. The van der Waals surface area contributed by atoms with Crippen LogP contribution in [-0.4, -0.2) is 32.5 Å². The van der Waals surface area contributed by atoms with Crippen molar-refractivity contribution in [1.29, 1.82) is 0 Å². The van der Waals surface area contributed by atoms with Gasteiger partial charge in [0.15, 0.2) is 0 Å². The third-order valence-corrected chi connectivity index (χ3v) is 2.64. The number of benzene rings is 1. The molecule has 12 heteroatoms. The van der Waals surface area contributed by atoms with Gasteiger partial charge in [0.2, 0.25) is 5.76 Å². The van der Waals surface area contributed by atoms with E-state index in [1.165, 1.54) is 12.1 Å². The topological polar surface area (TPSA) is 154 Å². The molecule has 0 aliphatic heterocycles. The summed E-state index contributed by atoms with van der Waals surface area (Å²) < 4.78 is 61.1. The molecular weight excluding hydrogens is 332 g/mol. The van der Waals surface area contributed by atoms with Crippen molar-refractivity contribution in [2.45, 2.75) is 0 Å². The summed E-state index contributed by atoms with van der Waals surface area (Å²) in [5.74, 6) is -2.85. The predicted molar refractivity (Wildman–Crippen MR) is 65.8 cm³/mol. The van der Waals surface area contributed by atoms with Crippen LogP contribution in [0.15, 0.2) is 36.1 Å². The van der Waals surface area contributed by atoms with E-state index in [2.05, 4.69) is 12.9 Å². The molecule has 0 saturated carbocycles. The Morgan fingerprint density at radius 3 is 2.10 bits per heavy atom. The van der Waals surface area contributed by atoms with Crippen LogP contribution < -0.4 is 0 Å². The van der Waals surface area contributed by atoms with Crippen molar-refractivity contribution in [1.82, 2.24) is 0 Å². The number of rotatable bonds is 7. The van der Waals surface area contributed by atoms with Crippen molar-refractivity contribution in [2.75, 3.05) is 0 Å². The van der Waals surface area contributed by atoms with E-state index < -0.39 is 32.5 Å². The molecule has 1 aromatic carbocycles. The molecule has 1 aromatic rings. The second-order valence-corrected chi connectivity index (χ2v) is 5.39. The maximum absolute atomic E-state index is 11.1. The highest BCUT2D eigenvalue weighted by Gasteiger charge is 2.24. The molecule has 0 spiro atoms. The molecule has 0 aliphatic carbocycles. The zero-order chi connectivity index (χ0) is 16.1. The smallest absolute Gasteiger partial charge is 0.475 e. The molecular formula is C9H8O10S2. The highest BCUT2D eigenvalue weighted by atomic mass is 32.3. The van der Waals surface area contributed by atoms with Crippen LogP contribution in [0.2, 0.25) is 0 Å². The molecule has 0 atom stereocenters. The molecule has 0 radical (unpaired) electrons. The second-order valence-electron chi connectivity index (χ2n) is 3.28. The van der Waals surface area contributed by atoms with Gasteiger partial charge in [-0.2, -0.15) is 16.8 Å². The summed E-state index contributed by atoms with van der Waals surface area (Å²) in [6.07, 6.45) is 0.844. The van der Waals surface area contributed by atoms with E-state index in [0.29, 0.717) is 5.56 Å². The predicted octanol–water partition coefficient (Wildman–Crippen LogP) is 0.125. The molecule has 0 aromatic heterocycles. The van der Waals surface area contributed by atoms with Crippen LogP contribution in [0.1, 0.15) is 5.56 Å². The van der Waals surface area contributed by atoms with E-state index in [1.54, 1.807) is 18.2 Å². The zero-order valence-electron chi connectivity index (χ0n) is 9.94. The number of aliphatic carboxylic acids is 1.